The van der Waals surface area contributed by atoms with E-state index in [0.717, 1.165) is 29.3 Å². The van der Waals surface area contributed by atoms with E-state index >= 15 is 0 Å². The lowest BCUT2D eigenvalue weighted by molar-refractivity contribution is 0.753. The normalized spacial score (nSPS) is 11.8. The van der Waals surface area contributed by atoms with Crippen molar-refractivity contribution in [3.63, 3.8) is 0 Å². The first-order valence-corrected chi connectivity index (χ1v) is 8.96. The van der Waals surface area contributed by atoms with Crippen LogP contribution in [0.1, 0.15) is 31.4 Å². The molecule has 134 valence electrons. The van der Waals surface area contributed by atoms with Gasteiger partial charge in [0.25, 0.3) is 0 Å². The van der Waals surface area contributed by atoms with E-state index in [2.05, 4.69) is 71.5 Å². The second kappa shape index (κ2) is 7.95. The van der Waals surface area contributed by atoms with Gasteiger partial charge in [-0.2, -0.15) is 4.98 Å². The molecule has 0 spiro atoms. The lowest BCUT2D eigenvalue weighted by Crippen LogP contribution is -2.16. The molecule has 5 heteroatoms. The van der Waals surface area contributed by atoms with E-state index in [0.29, 0.717) is 12.0 Å². The average Bonchev–Trinajstić information content (AvgIpc) is 2.61. The number of benzene rings is 1. The van der Waals surface area contributed by atoms with Crippen LogP contribution in [0.2, 0.25) is 0 Å². The zero-order valence-electron chi connectivity index (χ0n) is 15.7. The smallest absolute Gasteiger partial charge is 0.225 e. The molecule has 26 heavy (non-hydrogen) atoms. The number of pyridine rings is 1. The maximum Gasteiger partial charge on any atom is 0.225 e. The lowest BCUT2D eigenvalue weighted by atomic mass is 10.1. The molecule has 2 heterocycles. The molecule has 0 aliphatic rings. The van der Waals surface area contributed by atoms with Crippen molar-refractivity contribution < 1.29 is 0 Å². The van der Waals surface area contributed by atoms with Gasteiger partial charge in [-0.25, -0.2) is 4.98 Å². The standard InChI is InChI=1S/C21H25N5/c1-5-16(4)23-21-25-19(18-8-6-7-9-22-18)13-20(26-21)24-17-11-14(2)10-15(3)12-17/h6-13,16H,5H2,1-4H3,(H2,23,24,25,26)/t16-/m0/s1. The predicted octanol–water partition coefficient (Wildman–Crippen LogP) is 5.11. The maximum absolute atomic E-state index is 4.64. The lowest BCUT2D eigenvalue weighted by Gasteiger charge is -2.15. The highest BCUT2D eigenvalue weighted by atomic mass is 15.2. The minimum atomic E-state index is 0.294. The molecule has 0 amide bonds. The molecule has 3 rings (SSSR count). The largest absolute Gasteiger partial charge is 0.352 e. The molecule has 0 fully saturated rings. The van der Waals surface area contributed by atoms with Crippen molar-refractivity contribution in [3.8, 4) is 11.4 Å². The number of rotatable bonds is 6. The van der Waals surface area contributed by atoms with Crippen LogP contribution in [0, 0.1) is 13.8 Å². The Morgan fingerprint density at radius 2 is 1.73 bits per heavy atom. The molecule has 1 aromatic carbocycles. The van der Waals surface area contributed by atoms with Crippen LogP contribution in [-0.2, 0) is 0 Å². The van der Waals surface area contributed by atoms with Crippen molar-refractivity contribution >= 4 is 17.5 Å². The average molecular weight is 347 g/mol. The van der Waals surface area contributed by atoms with Gasteiger partial charge in [0.2, 0.25) is 5.95 Å². The maximum atomic E-state index is 4.64. The summed E-state index contributed by atoms with van der Waals surface area (Å²) in [5.74, 6) is 1.35. The van der Waals surface area contributed by atoms with Crippen LogP contribution >= 0.6 is 0 Å². The fourth-order valence-electron chi connectivity index (χ4n) is 2.74. The van der Waals surface area contributed by atoms with Crippen molar-refractivity contribution in [2.45, 2.75) is 40.2 Å². The Bertz CT molecular complexity index is 857. The van der Waals surface area contributed by atoms with Crippen LogP contribution in [-0.4, -0.2) is 21.0 Å². The van der Waals surface area contributed by atoms with E-state index in [9.17, 15) is 0 Å². The second-order valence-corrected chi connectivity index (χ2v) is 6.63. The highest BCUT2D eigenvalue weighted by molar-refractivity contribution is 5.66. The Hall–Kier alpha value is -2.95. The number of hydrogen-bond donors (Lipinski definition) is 2. The summed E-state index contributed by atoms with van der Waals surface area (Å²) in [6.07, 6.45) is 2.77. The molecular formula is C21H25N5. The van der Waals surface area contributed by atoms with Crippen LogP contribution < -0.4 is 10.6 Å². The van der Waals surface area contributed by atoms with Crippen molar-refractivity contribution in [2.24, 2.45) is 0 Å². The SMILES string of the molecule is CC[C@H](C)Nc1nc(Nc2cc(C)cc(C)c2)cc(-c2ccccn2)n1. The summed E-state index contributed by atoms with van der Waals surface area (Å²) in [7, 11) is 0. The van der Waals surface area contributed by atoms with Crippen LogP contribution in [0.15, 0.2) is 48.7 Å². The molecule has 0 radical (unpaired) electrons. The summed E-state index contributed by atoms with van der Waals surface area (Å²) in [5, 5.41) is 6.77. The summed E-state index contributed by atoms with van der Waals surface area (Å²) in [5.41, 5.74) is 5.06. The number of hydrogen-bond acceptors (Lipinski definition) is 5. The Morgan fingerprint density at radius 3 is 2.38 bits per heavy atom. The summed E-state index contributed by atoms with van der Waals surface area (Å²) >= 11 is 0. The Kier molecular flexibility index (Phi) is 5.46. The molecule has 0 aliphatic carbocycles. The molecular weight excluding hydrogens is 322 g/mol. The molecule has 1 atom stereocenters. The Labute approximate surface area is 154 Å². The first-order chi connectivity index (χ1) is 12.5. The highest BCUT2D eigenvalue weighted by Crippen LogP contribution is 2.24. The molecule has 5 nitrogen and oxygen atoms in total. The van der Waals surface area contributed by atoms with Gasteiger partial charge < -0.3 is 10.6 Å². The summed E-state index contributed by atoms with van der Waals surface area (Å²) in [6.45, 7) is 8.43. The van der Waals surface area contributed by atoms with Gasteiger partial charge in [0, 0.05) is 24.0 Å². The van der Waals surface area contributed by atoms with E-state index in [4.69, 9.17) is 0 Å². The van der Waals surface area contributed by atoms with Gasteiger partial charge in [0.15, 0.2) is 0 Å². The van der Waals surface area contributed by atoms with E-state index in [1.165, 1.54) is 11.1 Å². The second-order valence-electron chi connectivity index (χ2n) is 6.63. The Balaban J connectivity index is 1.98. The molecule has 0 bridgehead atoms. The van der Waals surface area contributed by atoms with E-state index < -0.39 is 0 Å². The van der Waals surface area contributed by atoms with Crippen LogP contribution in [0.5, 0.6) is 0 Å². The third-order valence-electron chi connectivity index (χ3n) is 4.14. The minimum Gasteiger partial charge on any atom is -0.352 e. The van der Waals surface area contributed by atoms with Crippen molar-refractivity contribution in [1.29, 1.82) is 0 Å². The number of nitrogens with one attached hydrogen (secondary N) is 2. The van der Waals surface area contributed by atoms with Gasteiger partial charge in [-0.15, -0.1) is 0 Å². The van der Waals surface area contributed by atoms with Gasteiger partial charge in [-0.3, -0.25) is 4.98 Å². The molecule has 0 unspecified atom stereocenters. The van der Waals surface area contributed by atoms with Crippen molar-refractivity contribution in [1.82, 2.24) is 15.0 Å². The quantitative estimate of drug-likeness (QED) is 0.649. The van der Waals surface area contributed by atoms with Gasteiger partial charge in [-0.1, -0.05) is 19.1 Å². The number of aryl methyl sites for hydroxylation is 2. The number of nitrogens with zero attached hydrogens (tertiary/aromatic N) is 3. The zero-order valence-corrected chi connectivity index (χ0v) is 15.7. The Morgan fingerprint density at radius 1 is 0.962 bits per heavy atom. The molecule has 0 aliphatic heterocycles. The topological polar surface area (TPSA) is 62.7 Å². The summed E-state index contributed by atoms with van der Waals surface area (Å²) < 4.78 is 0. The molecule has 0 saturated carbocycles. The first kappa shape index (κ1) is 17.9. The van der Waals surface area contributed by atoms with Gasteiger partial charge in [0.05, 0.1) is 11.4 Å². The number of aromatic nitrogens is 3. The molecule has 0 saturated heterocycles. The zero-order chi connectivity index (χ0) is 18.5. The van der Waals surface area contributed by atoms with Crippen LogP contribution in [0.25, 0.3) is 11.4 Å². The molecule has 3 aromatic rings. The fourth-order valence-corrected chi connectivity index (χ4v) is 2.74. The van der Waals surface area contributed by atoms with Crippen molar-refractivity contribution in [3.05, 3.63) is 59.8 Å². The first-order valence-electron chi connectivity index (χ1n) is 8.96. The fraction of sp³-hybridized carbons (Fsp3) is 0.286. The summed E-state index contributed by atoms with van der Waals surface area (Å²) in [6, 6.07) is 14.4. The van der Waals surface area contributed by atoms with E-state index in [1.54, 1.807) is 6.20 Å². The van der Waals surface area contributed by atoms with Crippen LogP contribution in [0.4, 0.5) is 17.5 Å². The van der Waals surface area contributed by atoms with E-state index in [1.807, 2.05) is 24.3 Å². The van der Waals surface area contributed by atoms with Gasteiger partial charge in [-0.05, 0) is 62.6 Å². The van der Waals surface area contributed by atoms with Gasteiger partial charge >= 0.3 is 0 Å². The van der Waals surface area contributed by atoms with Crippen LogP contribution in [0.3, 0.4) is 0 Å². The third kappa shape index (κ3) is 4.57. The molecule has 2 N–H and O–H groups in total. The predicted molar refractivity (Wildman–Crippen MR) is 108 cm³/mol. The summed E-state index contributed by atoms with van der Waals surface area (Å²) in [4.78, 5) is 13.7. The monoisotopic (exact) mass is 347 g/mol. The molecule has 2 aromatic heterocycles. The van der Waals surface area contributed by atoms with Gasteiger partial charge in [0.1, 0.15) is 5.82 Å². The number of anilines is 3. The highest BCUT2D eigenvalue weighted by Gasteiger charge is 2.10. The van der Waals surface area contributed by atoms with Crippen molar-refractivity contribution in [2.75, 3.05) is 10.6 Å². The third-order valence-corrected chi connectivity index (χ3v) is 4.14. The van der Waals surface area contributed by atoms with E-state index in [-0.39, 0.29) is 0 Å². The minimum absolute atomic E-state index is 0.294.